The molecule has 0 fully saturated rings. The largest absolute Gasteiger partial charge is 0.465 e. The average Bonchev–Trinajstić information content (AvgIpc) is 2.64. The summed E-state index contributed by atoms with van der Waals surface area (Å²) in [5.41, 5.74) is 9.81. The van der Waals surface area contributed by atoms with Gasteiger partial charge in [-0.25, -0.2) is 4.79 Å². The quantitative estimate of drug-likeness (QED) is 0.875. The minimum Gasteiger partial charge on any atom is -0.465 e. The Morgan fingerprint density at radius 1 is 1.30 bits per heavy atom. The molecule has 0 bridgehead atoms. The van der Waals surface area contributed by atoms with Crippen molar-refractivity contribution in [3.05, 3.63) is 51.3 Å². The number of carbonyl (C=O) groups excluding carboxylic acids is 1. The normalized spacial score (nSPS) is 10.6. The lowest BCUT2D eigenvalue weighted by Gasteiger charge is -2.11. The van der Waals surface area contributed by atoms with Crippen LogP contribution in [-0.4, -0.2) is 17.6 Å². The van der Waals surface area contributed by atoms with E-state index < -0.39 is 5.97 Å². The van der Waals surface area contributed by atoms with Crippen molar-refractivity contribution in [1.82, 2.24) is 4.57 Å². The standard InChI is InChI=1S/C15H17BrN2O2/c1-9-13(15(19)20-3)14(17)10(2)18(9)8-11-6-4-5-7-12(11)16/h4-7H,8,17H2,1-3H3. The van der Waals surface area contributed by atoms with Gasteiger partial charge in [0.2, 0.25) is 0 Å². The van der Waals surface area contributed by atoms with Crippen LogP contribution in [0.2, 0.25) is 0 Å². The van der Waals surface area contributed by atoms with Crippen LogP contribution in [0.3, 0.4) is 0 Å². The van der Waals surface area contributed by atoms with Gasteiger partial charge < -0.3 is 15.0 Å². The second-order valence-corrected chi connectivity index (χ2v) is 5.48. The maximum Gasteiger partial charge on any atom is 0.341 e. The number of hydrogen-bond acceptors (Lipinski definition) is 3. The van der Waals surface area contributed by atoms with Crippen LogP contribution in [0.4, 0.5) is 5.69 Å². The number of methoxy groups -OCH3 is 1. The molecule has 106 valence electrons. The van der Waals surface area contributed by atoms with E-state index in [1.54, 1.807) is 0 Å². The number of aromatic nitrogens is 1. The van der Waals surface area contributed by atoms with Crippen molar-refractivity contribution in [3.8, 4) is 0 Å². The summed E-state index contributed by atoms with van der Waals surface area (Å²) < 4.78 is 7.86. The Bertz CT molecular complexity index is 662. The van der Waals surface area contributed by atoms with E-state index >= 15 is 0 Å². The van der Waals surface area contributed by atoms with Crippen LogP contribution < -0.4 is 5.73 Å². The minimum atomic E-state index is -0.394. The number of halogens is 1. The molecule has 0 amide bonds. The van der Waals surface area contributed by atoms with Gasteiger partial charge in [-0.1, -0.05) is 34.1 Å². The van der Waals surface area contributed by atoms with Crippen molar-refractivity contribution in [1.29, 1.82) is 0 Å². The molecule has 2 N–H and O–H groups in total. The Labute approximate surface area is 126 Å². The van der Waals surface area contributed by atoms with Gasteiger partial charge in [0.05, 0.1) is 12.8 Å². The molecule has 2 rings (SSSR count). The van der Waals surface area contributed by atoms with Crippen LogP contribution in [0.5, 0.6) is 0 Å². The van der Waals surface area contributed by atoms with Gasteiger partial charge in [-0.2, -0.15) is 0 Å². The number of hydrogen-bond donors (Lipinski definition) is 1. The van der Waals surface area contributed by atoms with Gasteiger partial charge in [-0.3, -0.25) is 0 Å². The molecule has 0 spiro atoms. The molecule has 20 heavy (non-hydrogen) atoms. The number of nitrogen functional groups attached to an aromatic ring is 1. The summed E-state index contributed by atoms with van der Waals surface area (Å²) in [6.45, 7) is 4.44. The highest BCUT2D eigenvalue weighted by Crippen LogP contribution is 2.27. The second-order valence-electron chi connectivity index (χ2n) is 4.63. The van der Waals surface area contributed by atoms with Crippen molar-refractivity contribution in [2.24, 2.45) is 0 Å². The smallest absolute Gasteiger partial charge is 0.341 e. The maximum atomic E-state index is 11.8. The van der Waals surface area contributed by atoms with Gasteiger partial charge in [0.1, 0.15) is 5.56 Å². The molecule has 0 atom stereocenters. The summed E-state index contributed by atoms with van der Waals surface area (Å²) >= 11 is 3.53. The number of nitrogens with zero attached hydrogens (tertiary/aromatic N) is 1. The zero-order valence-electron chi connectivity index (χ0n) is 11.7. The Kier molecular flexibility index (Phi) is 4.18. The summed E-state index contributed by atoms with van der Waals surface area (Å²) in [7, 11) is 1.36. The summed E-state index contributed by atoms with van der Waals surface area (Å²) in [4.78, 5) is 11.8. The monoisotopic (exact) mass is 336 g/mol. The van der Waals surface area contributed by atoms with Crippen molar-refractivity contribution in [3.63, 3.8) is 0 Å². The molecule has 0 radical (unpaired) electrons. The van der Waals surface area contributed by atoms with Crippen LogP contribution in [0.1, 0.15) is 27.3 Å². The summed E-state index contributed by atoms with van der Waals surface area (Å²) in [5.74, 6) is -0.394. The summed E-state index contributed by atoms with van der Waals surface area (Å²) in [6, 6.07) is 7.99. The SMILES string of the molecule is COC(=O)c1c(N)c(C)n(Cc2ccccc2Br)c1C. The third-order valence-electron chi connectivity index (χ3n) is 3.51. The van der Waals surface area contributed by atoms with Crippen LogP contribution in [0.15, 0.2) is 28.7 Å². The molecule has 0 aliphatic carbocycles. The zero-order valence-corrected chi connectivity index (χ0v) is 13.3. The lowest BCUT2D eigenvalue weighted by molar-refractivity contribution is 0.0601. The van der Waals surface area contributed by atoms with Gasteiger partial charge in [0.15, 0.2) is 0 Å². The molecule has 0 saturated carbocycles. The van der Waals surface area contributed by atoms with Crippen LogP contribution in [-0.2, 0) is 11.3 Å². The molecule has 1 heterocycles. The molecule has 0 saturated heterocycles. The highest BCUT2D eigenvalue weighted by atomic mass is 79.9. The fourth-order valence-electron chi connectivity index (χ4n) is 2.30. The lowest BCUT2D eigenvalue weighted by Crippen LogP contribution is -2.07. The van der Waals surface area contributed by atoms with Gasteiger partial charge in [-0.05, 0) is 25.5 Å². The number of carbonyl (C=O) groups is 1. The molecular formula is C15H17BrN2O2. The first-order valence-electron chi connectivity index (χ1n) is 6.24. The Hall–Kier alpha value is -1.75. The summed E-state index contributed by atoms with van der Waals surface area (Å²) in [5, 5.41) is 0. The number of nitrogens with two attached hydrogens (primary N) is 1. The Balaban J connectivity index is 2.49. The van der Waals surface area contributed by atoms with Crippen molar-refractivity contribution < 1.29 is 9.53 Å². The number of esters is 1. The highest BCUT2D eigenvalue weighted by molar-refractivity contribution is 9.10. The molecule has 1 aromatic heterocycles. The molecular weight excluding hydrogens is 320 g/mol. The number of rotatable bonds is 3. The first kappa shape index (κ1) is 14.7. The Morgan fingerprint density at radius 3 is 2.55 bits per heavy atom. The van der Waals surface area contributed by atoms with Crippen LogP contribution in [0, 0.1) is 13.8 Å². The van der Waals surface area contributed by atoms with Crippen molar-refractivity contribution in [2.45, 2.75) is 20.4 Å². The predicted molar refractivity (Wildman–Crippen MR) is 82.9 cm³/mol. The average molecular weight is 337 g/mol. The van der Waals surface area contributed by atoms with Gasteiger partial charge in [0, 0.05) is 22.4 Å². The van der Waals surface area contributed by atoms with E-state index in [9.17, 15) is 4.79 Å². The van der Waals surface area contributed by atoms with E-state index in [1.165, 1.54) is 7.11 Å². The molecule has 4 nitrogen and oxygen atoms in total. The van der Waals surface area contributed by atoms with E-state index in [-0.39, 0.29) is 0 Å². The number of anilines is 1. The Morgan fingerprint density at radius 2 is 1.95 bits per heavy atom. The van der Waals surface area contributed by atoms with Crippen LogP contribution in [0.25, 0.3) is 0 Å². The first-order valence-corrected chi connectivity index (χ1v) is 7.03. The van der Waals surface area contributed by atoms with Crippen LogP contribution >= 0.6 is 15.9 Å². The highest BCUT2D eigenvalue weighted by Gasteiger charge is 2.22. The van der Waals surface area contributed by atoms with Gasteiger partial charge >= 0.3 is 5.97 Å². The first-order chi connectivity index (χ1) is 9.47. The third kappa shape index (κ3) is 2.45. The summed E-state index contributed by atoms with van der Waals surface area (Å²) in [6.07, 6.45) is 0. The molecule has 5 heteroatoms. The van der Waals surface area contributed by atoms with Crippen molar-refractivity contribution in [2.75, 3.05) is 12.8 Å². The molecule has 0 unspecified atom stereocenters. The van der Waals surface area contributed by atoms with E-state index in [2.05, 4.69) is 15.9 Å². The maximum absolute atomic E-state index is 11.8. The predicted octanol–water partition coefficient (Wildman–Crippen LogP) is 3.28. The van der Waals surface area contributed by atoms with Crippen molar-refractivity contribution >= 4 is 27.6 Å². The lowest BCUT2D eigenvalue weighted by atomic mass is 10.2. The second kappa shape index (κ2) is 5.71. The molecule has 0 aliphatic heterocycles. The molecule has 1 aromatic carbocycles. The zero-order chi connectivity index (χ0) is 14.9. The minimum absolute atomic E-state index is 0.394. The third-order valence-corrected chi connectivity index (χ3v) is 4.28. The van der Waals surface area contributed by atoms with E-state index in [0.29, 0.717) is 17.8 Å². The fraction of sp³-hybridized carbons (Fsp3) is 0.267. The number of benzene rings is 1. The van der Waals surface area contributed by atoms with Gasteiger partial charge in [-0.15, -0.1) is 0 Å². The molecule has 2 aromatic rings. The van der Waals surface area contributed by atoms with E-state index in [1.807, 2.05) is 42.7 Å². The van der Waals surface area contributed by atoms with E-state index in [0.717, 1.165) is 21.4 Å². The molecule has 0 aliphatic rings. The van der Waals surface area contributed by atoms with Gasteiger partial charge in [0.25, 0.3) is 0 Å². The topological polar surface area (TPSA) is 57.2 Å². The fourth-order valence-corrected chi connectivity index (χ4v) is 2.71. The van der Waals surface area contributed by atoms with E-state index in [4.69, 9.17) is 10.5 Å². The number of ether oxygens (including phenoxy) is 1.